The Morgan fingerprint density at radius 3 is 2.33 bits per heavy atom. The van der Waals surface area contributed by atoms with Crippen molar-refractivity contribution >= 4 is 12.6 Å². The highest BCUT2D eigenvalue weighted by Crippen LogP contribution is 2.37. The Balaban J connectivity index is 2.29. The van der Waals surface area contributed by atoms with Crippen molar-refractivity contribution in [2.24, 2.45) is 17.8 Å². The van der Waals surface area contributed by atoms with Crippen molar-refractivity contribution in [3.8, 4) is 0 Å². The molecule has 2 unspecified atom stereocenters. The van der Waals surface area contributed by atoms with E-state index in [1.165, 1.54) is 51.4 Å². The molecule has 0 heterocycles. The molecule has 1 aliphatic carbocycles. The van der Waals surface area contributed by atoms with Crippen LogP contribution in [-0.4, -0.2) is 5.75 Å². The van der Waals surface area contributed by atoms with Crippen molar-refractivity contribution in [3.63, 3.8) is 0 Å². The molecule has 0 saturated heterocycles. The van der Waals surface area contributed by atoms with E-state index in [2.05, 4.69) is 26.5 Å². The van der Waals surface area contributed by atoms with Gasteiger partial charge in [-0.3, -0.25) is 0 Å². The lowest BCUT2D eigenvalue weighted by Crippen LogP contribution is -2.21. The van der Waals surface area contributed by atoms with E-state index >= 15 is 0 Å². The second-order valence-electron chi connectivity index (χ2n) is 5.65. The number of unbranched alkanes of at least 4 members (excludes halogenated alkanes) is 1. The molecule has 90 valence electrons. The monoisotopic (exact) mass is 228 g/mol. The molecule has 0 spiro atoms. The van der Waals surface area contributed by atoms with Gasteiger partial charge in [-0.25, -0.2) is 0 Å². The highest BCUT2D eigenvalue weighted by molar-refractivity contribution is 7.80. The molecule has 0 aromatic heterocycles. The molecule has 0 aromatic rings. The SMILES string of the molecule is CC(C)CC1CCCCC1CCCCS. The maximum absolute atomic E-state index is 4.30. The number of rotatable bonds is 6. The van der Waals surface area contributed by atoms with Gasteiger partial charge in [0.1, 0.15) is 0 Å². The van der Waals surface area contributed by atoms with Gasteiger partial charge in [-0.2, -0.15) is 12.6 Å². The van der Waals surface area contributed by atoms with Crippen molar-refractivity contribution in [2.45, 2.75) is 65.2 Å². The molecule has 0 aliphatic heterocycles. The lowest BCUT2D eigenvalue weighted by Gasteiger charge is -2.32. The van der Waals surface area contributed by atoms with E-state index in [0.717, 1.165) is 23.5 Å². The lowest BCUT2D eigenvalue weighted by molar-refractivity contribution is 0.190. The van der Waals surface area contributed by atoms with Crippen molar-refractivity contribution < 1.29 is 0 Å². The van der Waals surface area contributed by atoms with Crippen LogP contribution < -0.4 is 0 Å². The Morgan fingerprint density at radius 2 is 1.73 bits per heavy atom. The van der Waals surface area contributed by atoms with Crippen LogP contribution in [0.1, 0.15) is 65.2 Å². The van der Waals surface area contributed by atoms with Gasteiger partial charge >= 0.3 is 0 Å². The second kappa shape index (κ2) is 7.60. The van der Waals surface area contributed by atoms with Gasteiger partial charge in [0.2, 0.25) is 0 Å². The zero-order valence-electron chi connectivity index (χ0n) is 10.5. The van der Waals surface area contributed by atoms with Gasteiger partial charge < -0.3 is 0 Å². The molecule has 1 aliphatic rings. The summed E-state index contributed by atoms with van der Waals surface area (Å²) in [4.78, 5) is 0. The second-order valence-corrected chi connectivity index (χ2v) is 6.10. The number of thiol groups is 1. The summed E-state index contributed by atoms with van der Waals surface area (Å²) in [6, 6.07) is 0. The van der Waals surface area contributed by atoms with Gasteiger partial charge in [0.05, 0.1) is 0 Å². The summed E-state index contributed by atoms with van der Waals surface area (Å²) in [5, 5.41) is 0. The first-order chi connectivity index (χ1) is 7.24. The molecule has 0 nitrogen and oxygen atoms in total. The van der Waals surface area contributed by atoms with Crippen LogP contribution in [0, 0.1) is 17.8 Å². The number of hydrogen-bond acceptors (Lipinski definition) is 1. The average molecular weight is 228 g/mol. The average Bonchev–Trinajstić information content (AvgIpc) is 2.20. The maximum atomic E-state index is 4.30. The van der Waals surface area contributed by atoms with E-state index < -0.39 is 0 Å². The molecule has 0 bridgehead atoms. The van der Waals surface area contributed by atoms with Crippen LogP contribution in [0.15, 0.2) is 0 Å². The molecule has 1 heteroatoms. The molecule has 0 radical (unpaired) electrons. The fourth-order valence-electron chi connectivity index (χ4n) is 3.10. The van der Waals surface area contributed by atoms with Crippen molar-refractivity contribution in [1.29, 1.82) is 0 Å². The van der Waals surface area contributed by atoms with Crippen LogP contribution in [0.5, 0.6) is 0 Å². The molecule has 0 aromatic carbocycles. The van der Waals surface area contributed by atoms with Crippen molar-refractivity contribution in [1.82, 2.24) is 0 Å². The third kappa shape index (κ3) is 5.29. The highest BCUT2D eigenvalue weighted by Gasteiger charge is 2.24. The minimum Gasteiger partial charge on any atom is -0.179 e. The Morgan fingerprint density at radius 1 is 1.07 bits per heavy atom. The number of hydrogen-bond donors (Lipinski definition) is 1. The van der Waals surface area contributed by atoms with Gasteiger partial charge in [0, 0.05) is 0 Å². The summed E-state index contributed by atoms with van der Waals surface area (Å²) in [6.45, 7) is 4.75. The largest absolute Gasteiger partial charge is 0.179 e. The van der Waals surface area contributed by atoms with E-state index in [1.54, 1.807) is 0 Å². The van der Waals surface area contributed by atoms with Crippen LogP contribution in [0.4, 0.5) is 0 Å². The summed E-state index contributed by atoms with van der Waals surface area (Å²) < 4.78 is 0. The van der Waals surface area contributed by atoms with E-state index in [-0.39, 0.29) is 0 Å². The highest BCUT2D eigenvalue weighted by atomic mass is 32.1. The maximum Gasteiger partial charge on any atom is -0.00979 e. The smallest absolute Gasteiger partial charge is 0.00979 e. The molecule has 0 N–H and O–H groups in total. The molecular formula is C14H28S. The summed E-state index contributed by atoms with van der Waals surface area (Å²) in [5.74, 6) is 4.04. The third-order valence-electron chi connectivity index (χ3n) is 3.82. The van der Waals surface area contributed by atoms with Gasteiger partial charge in [-0.1, -0.05) is 52.4 Å². The Labute approximate surface area is 102 Å². The lowest BCUT2D eigenvalue weighted by atomic mass is 9.73. The van der Waals surface area contributed by atoms with Gasteiger partial charge in [0.25, 0.3) is 0 Å². The Hall–Kier alpha value is 0.350. The summed E-state index contributed by atoms with van der Waals surface area (Å²) >= 11 is 4.30. The fourth-order valence-corrected chi connectivity index (χ4v) is 3.32. The minimum absolute atomic E-state index is 0.889. The first-order valence-electron chi connectivity index (χ1n) is 6.85. The van der Waals surface area contributed by atoms with E-state index in [0.29, 0.717) is 0 Å². The topological polar surface area (TPSA) is 0 Å². The zero-order chi connectivity index (χ0) is 11.1. The van der Waals surface area contributed by atoms with E-state index in [9.17, 15) is 0 Å². The molecular weight excluding hydrogens is 200 g/mol. The quantitative estimate of drug-likeness (QED) is 0.483. The van der Waals surface area contributed by atoms with Crippen LogP contribution in [-0.2, 0) is 0 Å². The molecule has 1 fully saturated rings. The van der Waals surface area contributed by atoms with Crippen molar-refractivity contribution in [3.05, 3.63) is 0 Å². The molecule has 1 saturated carbocycles. The predicted molar refractivity (Wildman–Crippen MR) is 72.6 cm³/mol. The predicted octanol–water partition coefficient (Wildman–Crippen LogP) is 4.94. The Kier molecular flexibility index (Phi) is 6.79. The van der Waals surface area contributed by atoms with Gasteiger partial charge in [-0.15, -0.1) is 0 Å². The molecule has 2 atom stereocenters. The van der Waals surface area contributed by atoms with Gasteiger partial charge in [0.15, 0.2) is 0 Å². The first-order valence-corrected chi connectivity index (χ1v) is 7.48. The van der Waals surface area contributed by atoms with E-state index in [1.807, 2.05) is 0 Å². The molecule has 15 heavy (non-hydrogen) atoms. The zero-order valence-corrected chi connectivity index (χ0v) is 11.4. The van der Waals surface area contributed by atoms with E-state index in [4.69, 9.17) is 0 Å². The third-order valence-corrected chi connectivity index (χ3v) is 4.14. The standard InChI is InChI=1S/C14H28S/c1-12(2)11-14-9-4-3-7-13(14)8-5-6-10-15/h12-15H,3-11H2,1-2H3. The Bertz CT molecular complexity index is 153. The van der Waals surface area contributed by atoms with Crippen molar-refractivity contribution in [2.75, 3.05) is 5.75 Å². The summed E-state index contributed by atoms with van der Waals surface area (Å²) in [7, 11) is 0. The van der Waals surface area contributed by atoms with Crippen LogP contribution in [0.3, 0.4) is 0 Å². The van der Waals surface area contributed by atoms with Crippen LogP contribution in [0.2, 0.25) is 0 Å². The summed E-state index contributed by atoms with van der Waals surface area (Å²) in [6.07, 6.45) is 11.6. The normalized spacial score (nSPS) is 27.2. The minimum atomic E-state index is 0.889. The summed E-state index contributed by atoms with van der Waals surface area (Å²) in [5.41, 5.74) is 0. The van der Waals surface area contributed by atoms with Crippen LogP contribution >= 0.6 is 12.6 Å². The fraction of sp³-hybridized carbons (Fsp3) is 1.00. The molecule has 0 amide bonds. The van der Waals surface area contributed by atoms with Crippen LogP contribution in [0.25, 0.3) is 0 Å². The first kappa shape index (κ1) is 13.4. The molecule has 1 rings (SSSR count). The van der Waals surface area contributed by atoms with Gasteiger partial charge in [-0.05, 0) is 36.3 Å².